The maximum Gasteiger partial charge on any atom is 0.0280 e. The van der Waals surface area contributed by atoms with Crippen molar-refractivity contribution in [3.63, 3.8) is 0 Å². The van der Waals surface area contributed by atoms with Gasteiger partial charge >= 0.3 is 0 Å². The molecule has 3 N–H and O–H groups in total. The summed E-state index contributed by atoms with van der Waals surface area (Å²) < 4.78 is 0. The molecule has 2 aliphatic carbocycles. The van der Waals surface area contributed by atoms with Gasteiger partial charge in [0.2, 0.25) is 0 Å². The minimum Gasteiger partial charge on any atom is -0.324 e. The van der Waals surface area contributed by atoms with Crippen molar-refractivity contribution >= 4 is 0 Å². The summed E-state index contributed by atoms with van der Waals surface area (Å²) in [7, 11) is 0. The number of rotatable bonds is 5. The molecule has 0 heterocycles. The van der Waals surface area contributed by atoms with Gasteiger partial charge in [-0.2, -0.15) is 0 Å². The first-order valence-electron chi connectivity index (χ1n) is 5.68. The first-order valence-corrected chi connectivity index (χ1v) is 5.68. The maximum atomic E-state index is 6.13. The fraction of sp³-hybridized carbons (Fsp3) is 1.00. The predicted molar refractivity (Wildman–Crippen MR) is 55.6 cm³/mol. The van der Waals surface area contributed by atoms with E-state index in [0.717, 1.165) is 6.54 Å². The Morgan fingerprint density at radius 1 is 1.15 bits per heavy atom. The van der Waals surface area contributed by atoms with Crippen LogP contribution in [0.15, 0.2) is 0 Å². The molecule has 2 aliphatic rings. The van der Waals surface area contributed by atoms with Crippen molar-refractivity contribution in [1.29, 1.82) is 0 Å². The molecule has 0 aromatic carbocycles. The molecule has 0 bridgehead atoms. The minimum atomic E-state index is 0.157. The highest BCUT2D eigenvalue weighted by molar-refractivity contribution is 4.97. The van der Waals surface area contributed by atoms with Gasteiger partial charge in [0.25, 0.3) is 0 Å². The monoisotopic (exact) mass is 182 g/mol. The van der Waals surface area contributed by atoms with Gasteiger partial charge in [-0.15, -0.1) is 0 Å². The number of hydrogen-bond acceptors (Lipinski definition) is 2. The van der Waals surface area contributed by atoms with E-state index in [1.165, 1.54) is 45.1 Å². The van der Waals surface area contributed by atoms with E-state index >= 15 is 0 Å². The molecule has 2 saturated carbocycles. The van der Waals surface area contributed by atoms with Crippen LogP contribution in [-0.2, 0) is 0 Å². The van der Waals surface area contributed by atoms with Gasteiger partial charge in [0, 0.05) is 18.6 Å². The van der Waals surface area contributed by atoms with E-state index in [2.05, 4.69) is 12.2 Å². The Bertz CT molecular complexity index is 176. The predicted octanol–water partition coefficient (Wildman–Crippen LogP) is 1.65. The van der Waals surface area contributed by atoms with E-state index in [1.54, 1.807) is 0 Å². The molecule has 0 radical (unpaired) electrons. The van der Waals surface area contributed by atoms with Gasteiger partial charge in [-0.25, -0.2) is 0 Å². The smallest absolute Gasteiger partial charge is 0.0280 e. The number of nitrogens with two attached hydrogens (primary N) is 1. The fourth-order valence-electron chi connectivity index (χ4n) is 2.22. The van der Waals surface area contributed by atoms with E-state index in [9.17, 15) is 0 Å². The van der Waals surface area contributed by atoms with Crippen LogP contribution in [0.1, 0.15) is 45.4 Å². The van der Waals surface area contributed by atoms with Crippen LogP contribution in [0.25, 0.3) is 0 Å². The molecule has 0 aromatic rings. The zero-order valence-corrected chi connectivity index (χ0v) is 8.73. The van der Waals surface area contributed by atoms with E-state index in [-0.39, 0.29) is 5.54 Å². The highest BCUT2D eigenvalue weighted by Crippen LogP contribution is 2.47. The second-order valence-corrected chi connectivity index (χ2v) is 5.17. The molecule has 0 spiro atoms. The van der Waals surface area contributed by atoms with Gasteiger partial charge in [0.05, 0.1) is 0 Å². The van der Waals surface area contributed by atoms with Gasteiger partial charge in [-0.1, -0.05) is 6.92 Å². The molecule has 0 amide bonds. The molecule has 0 unspecified atom stereocenters. The quantitative estimate of drug-likeness (QED) is 0.678. The Morgan fingerprint density at radius 3 is 2.23 bits per heavy atom. The van der Waals surface area contributed by atoms with Crippen molar-refractivity contribution < 1.29 is 0 Å². The largest absolute Gasteiger partial charge is 0.324 e. The van der Waals surface area contributed by atoms with Crippen LogP contribution in [0, 0.1) is 5.41 Å². The van der Waals surface area contributed by atoms with Crippen molar-refractivity contribution in [1.82, 2.24) is 5.32 Å². The van der Waals surface area contributed by atoms with Crippen LogP contribution in [-0.4, -0.2) is 18.6 Å². The van der Waals surface area contributed by atoms with Gasteiger partial charge in [0.1, 0.15) is 0 Å². The van der Waals surface area contributed by atoms with Gasteiger partial charge in [-0.3, -0.25) is 0 Å². The van der Waals surface area contributed by atoms with Gasteiger partial charge in [-0.05, 0) is 43.9 Å². The second kappa shape index (κ2) is 3.25. The molecule has 2 fully saturated rings. The Morgan fingerprint density at radius 2 is 1.85 bits per heavy atom. The molecule has 2 rings (SSSR count). The summed E-state index contributed by atoms with van der Waals surface area (Å²) >= 11 is 0. The third kappa shape index (κ3) is 2.05. The van der Waals surface area contributed by atoms with Gasteiger partial charge in [0.15, 0.2) is 0 Å². The molecule has 0 aliphatic heterocycles. The van der Waals surface area contributed by atoms with Crippen molar-refractivity contribution in [3.05, 3.63) is 0 Å². The van der Waals surface area contributed by atoms with Crippen LogP contribution >= 0.6 is 0 Å². The lowest BCUT2D eigenvalue weighted by molar-refractivity contribution is 0.233. The Labute approximate surface area is 81.3 Å². The molecular weight excluding hydrogens is 160 g/mol. The minimum absolute atomic E-state index is 0.157. The van der Waals surface area contributed by atoms with E-state index in [1.807, 2.05) is 0 Å². The molecule has 2 heteroatoms. The molecule has 0 atom stereocenters. The molecule has 0 saturated heterocycles. The molecule has 2 nitrogen and oxygen atoms in total. The zero-order chi connectivity index (χ0) is 9.36. The third-order valence-corrected chi connectivity index (χ3v) is 4.03. The van der Waals surface area contributed by atoms with Crippen LogP contribution in [0.4, 0.5) is 0 Å². The summed E-state index contributed by atoms with van der Waals surface area (Å²) in [6, 6.07) is 0. The van der Waals surface area contributed by atoms with Crippen LogP contribution in [0.2, 0.25) is 0 Å². The standard InChI is InChI=1S/C11H22N2/c1-2-10(6-7-10)8-13-9-11(12)4-3-5-11/h13H,2-9,12H2,1H3. The van der Waals surface area contributed by atoms with Crippen LogP contribution < -0.4 is 11.1 Å². The lowest BCUT2D eigenvalue weighted by atomic mass is 9.77. The summed E-state index contributed by atoms with van der Waals surface area (Å²) in [4.78, 5) is 0. The second-order valence-electron chi connectivity index (χ2n) is 5.17. The van der Waals surface area contributed by atoms with Crippen molar-refractivity contribution in [2.75, 3.05) is 13.1 Å². The van der Waals surface area contributed by atoms with Crippen molar-refractivity contribution in [2.45, 2.75) is 51.0 Å². The summed E-state index contributed by atoms with van der Waals surface area (Å²) in [5, 5.41) is 3.56. The van der Waals surface area contributed by atoms with E-state index in [0.29, 0.717) is 5.41 Å². The summed E-state index contributed by atoms with van der Waals surface area (Å²) in [6.45, 7) is 4.54. The van der Waals surface area contributed by atoms with E-state index < -0.39 is 0 Å². The van der Waals surface area contributed by atoms with Gasteiger partial charge < -0.3 is 11.1 Å². The third-order valence-electron chi connectivity index (χ3n) is 4.03. The Balaban J connectivity index is 1.63. The molecular formula is C11H22N2. The Kier molecular flexibility index (Phi) is 2.37. The molecule has 0 aromatic heterocycles. The van der Waals surface area contributed by atoms with Crippen LogP contribution in [0.5, 0.6) is 0 Å². The topological polar surface area (TPSA) is 38.0 Å². The highest BCUT2D eigenvalue weighted by Gasteiger charge is 2.41. The first-order chi connectivity index (χ1) is 6.18. The maximum absolute atomic E-state index is 6.13. The Hall–Kier alpha value is -0.0800. The highest BCUT2D eigenvalue weighted by atomic mass is 15.0. The SMILES string of the molecule is CCC1(CNCC2(N)CCC2)CC1. The zero-order valence-electron chi connectivity index (χ0n) is 8.73. The van der Waals surface area contributed by atoms with E-state index in [4.69, 9.17) is 5.73 Å². The van der Waals surface area contributed by atoms with Crippen molar-refractivity contribution in [3.8, 4) is 0 Å². The van der Waals surface area contributed by atoms with Crippen molar-refractivity contribution in [2.24, 2.45) is 11.1 Å². The summed E-state index contributed by atoms with van der Waals surface area (Å²) in [6.07, 6.45) is 7.95. The molecule has 76 valence electrons. The van der Waals surface area contributed by atoms with Crippen LogP contribution in [0.3, 0.4) is 0 Å². The summed E-state index contributed by atoms with van der Waals surface area (Å²) in [5.41, 5.74) is 6.95. The fourth-order valence-corrected chi connectivity index (χ4v) is 2.22. The lowest BCUT2D eigenvalue weighted by Gasteiger charge is -2.38. The number of nitrogens with one attached hydrogen (secondary N) is 1. The summed E-state index contributed by atoms with van der Waals surface area (Å²) in [5.74, 6) is 0. The lowest BCUT2D eigenvalue weighted by Crippen LogP contribution is -2.54. The molecule has 13 heavy (non-hydrogen) atoms. The average molecular weight is 182 g/mol. The first kappa shape index (κ1) is 9.47. The number of hydrogen-bond donors (Lipinski definition) is 2. The normalized spacial score (nSPS) is 28.2. The average Bonchev–Trinajstić information content (AvgIpc) is 2.83.